The Morgan fingerprint density at radius 1 is 0.860 bits per heavy atom. The van der Waals surface area contributed by atoms with Crippen molar-refractivity contribution in [1.82, 2.24) is 20.0 Å². The van der Waals surface area contributed by atoms with Crippen LogP contribution in [0, 0.1) is 6.92 Å². The van der Waals surface area contributed by atoms with Crippen LogP contribution in [0.3, 0.4) is 0 Å². The fraction of sp³-hybridized carbons (Fsp3) is 0.590. The van der Waals surface area contributed by atoms with Crippen LogP contribution in [-0.2, 0) is 13.1 Å². The van der Waals surface area contributed by atoms with Crippen LogP contribution < -0.4 is 5.32 Å². The van der Waals surface area contributed by atoms with Crippen molar-refractivity contribution in [2.45, 2.75) is 100 Å². The van der Waals surface area contributed by atoms with Crippen LogP contribution in [0.15, 0.2) is 77.5 Å². The topological polar surface area (TPSA) is 21.8 Å². The fourth-order valence-corrected chi connectivity index (χ4v) is 5.86. The molecule has 1 N–H and O–H groups in total. The van der Waals surface area contributed by atoms with Gasteiger partial charge >= 0.3 is 0 Å². The molecule has 0 aliphatic carbocycles. The largest absolute Gasteiger partial charge is 0.310 e. The summed E-state index contributed by atoms with van der Waals surface area (Å²) in [5.41, 5.74) is 10.9. The van der Waals surface area contributed by atoms with Gasteiger partial charge in [-0.3, -0.25) is 14.7 Å². The molecule has 1 aliphatic rings. The predicted octanol–water partition coefficient (Wildman–Crippen LogP) is 8.46. The number of rotatable bonds is 16. The molecule has 0 bridgehead atoms. The Kier molecular flexibility index (Phi) is 17.1. The van der Waals surface area contributed by atoms with E-state index in [1.807, 2.05) is 0 Å². The molecule has 0 saturated carbocycles. The molecule has 0 atom stereocenters. The molecule has 0 amide bonds. The van der Waals surface area contributed by atoms with E-state index in [-0.39, 0.29) is 0 Å². The van der Waals surface area contributed by atoms with E-state index >= 15 is 0 Å². The molecule has 43 heavy (non-hydrogen) atoms. The molecule has 1 aromatic carbocycles. The number of allylic oxidation sites excluding steroid dienone is 4. The monoisotopic (exact) mass is 589 g/mol. The van der Waals surface area contributed by atoms with E-state index < -0.39 is 0 Å². The van der Waals surface area contributed by atoms with Crippen LogP contribution >= 0.6 is 0 Å². The summed E-state index contributed by atoms with van der Waals surface area (Å²) < 4.78 is 0. The number of aryl methyl sites for hydroxylation is 1. The van der Waals surface area contributed by atoms with E-state index in [1.165, 1.54) is 57.4 Å². The Labute approximate surface area is 266 Å². The zero-order valence-corrected chi connectivity index (χ0v) is 29.2. The van der Waals surface area contributed by atoms with Crippen molar-refractivity contribution in [1.29, 1.82) is 0 Å². The second kappa shape index (κ2) is 19.9. The molecule has 1 aliphatic heterocycles. The first-order valence-electron chi connectivity index (χ1n) is 17.0. The van der Waals surface area contributed by atoms with Crippen molar-refractivity contribution in [3.05, 3.63) is 94.1 Å². The molecule has 1 heterocycles. The highest BCUT2D eigenvalue weighted by Crippen LogP contribution is 2.19. The van der Waals surface area contributed by atoms with Gasteiger partial charge in [0.25, 0.3) is 0 Å². The summed E-state index contributed by atoms with van der Waals surface area (Å²) in [6, 6.07) is 7.75. The molecule has 0 aromatic heterocycles. The van der Waals surface area contributed by atoms with Crippen LogP contribution in [0.2, 0.25) is 0 Å². The molecule has 0 unspecified atom stereocenters. The highest BCUT2D eigenvalue weighted by Gasteiger charge is 2.19. The van der Waals surface area contributed by atoms with Gasteiger partial charge in [0.2, 0.25) is 0 Å². The number of nitrogens with one attached hydrogen (secondary N) is 1. The number of hydrogen-bond donors (Lipinski definition) is 1. The maximum absolute atomic E-state index is 4.32. The highest BCUT2D eigenvalue weighted by atomic mass is 15.3. The van der Waals surface area contributed by atoms with Crippen molar-refractivity contribution in [2.24, 2.45) is 0 Å². The average Bonchev–Trinajstić information content (AvgIpc) is 3.09. The minimum absolute atomic E-state index is 0.588. The number of nitrogens with zero attached hydrogens (tertiary/aromatic N) is 3. The van der Waals surface area contributed by atoms with Crippen molar-refractivity contribution in [3.63, 3.8) is 0 Å². The van der Waals surface area contributed by atoms with Crippen molar-refractivity contribution < 1.29 is 0 Å². The third-order valence-corrected chi connectivity index (χ3v) is 9.23. The zero-order chi connectivity index (χ0) is 31.8. The highest BCUT2D eigenvalue weighted by molar-refractivity contribution is 5.37. The minimum Gasteiger partial charge on any atom is -0.310 e. The van der Waals surface area contributed by atoms with Gasteiger partial charge in [0, 0.05) is 71.5 Å². The summed E-state index contributed by atoms with van der Waals surface area (Å²) in [5.74, 6) is 0. The molecule has 4 heteroatoms. The van der Waals surface area contributed by atoms with Gasteiger partial charge in [0.15, 0.2) is 0 Å². The van der Waals surface area contributed by atoms with E-state index in [9.17, 15) is 0 Å². The van der Waals surface area contributed by atoms with E-state index in [0.29, 0.717) is 6.04 Å². The van der Waals surface area contributed by atoms with Crippen molar-refractivity contribution in [2.75, 3.05) is 52.4 Å². The SMILES string of the molecule is C=C/C(CN1CCN(CC(/C=C(\C)CC)=C/C)CCN(Cc2cc(C)cc(CNC(CC)CC)c2)CC1)=C(/C)C(=C)CC. The molecule has 4 nitrogen and oxygen atoms in total. The summed E-state index contributed by atoms with van der Waals surface area (Å²) >= 11 is 0. The van der Waals surface area contributed by atoms with Gasteiger partial charge in [-0.1, -0.05) is 94.0 Å². The molecule has 2 rings (SSSR count). The smallest absolute Gasteiger partial charge is 0.0237 e. The van der Waals surface area contributed by atoms with Gasteiger partial charge < -0.3 is 5.32 Å². The van der Waals surface area contributed by atoms with E-state index in [1.54, 1.807) is 0 Å². The third-order valence-electron chi connectivity index (χ3n) is 9.23. The lowest BCUT2D eigenvalue weighted by Crippen LogP contribution is -2.37. The van der Waals surface area contributed by atoms with Gasteiger partial charge in [0.05, 0.1) is 0 Å². The number of hydrogen-bond acceptors (Lipinski definition) is 4. The Morgan fingerprint density at radius 2 is 1.44 bits per heavy atom. The van der Waals surface area contributed by atoms with E-state index in [2.05, 4.69) is 125 Å². The van der Waals surface area contributed by atoms with Gasteiger partial charge in [-0.2, -0.15) is 0 Å². The Bertz CT molecular complexity index is 1100. The molecule has 1 saturated heterocycles. The quantitative estimate of drug-likeness (QED) is 0.196. The maximum Gasteiger partial charge on any atom is 0.0237 e. The first-order valence-corrected chi connectivity index (χ1v) is 17.0. The van der Waals surface area contributed by atoms with E-state index in [4.69, 9.17) is 0 Å². The van der Waals surface area contributed by atoms with Gasteiger partial charge in [0.1, 0.15) is 0 Å². The van der Waals surface area contributed by atoms with Gasteiger partial charge in [-0.25, -0.2) is 0 Å². The van der Waals surface area contributed by atoms with Crippen LogP contribution in [-0.4, -0.2) is 73.1 Å². The van der Waals surface area contributed by atoms with Crippen LogP contribution in [0.1, 0.15) is 90.8 Å². The second-order valence-corrected chi connectivity index (χ2v) is 12.6. The average molecular weight is 589 g/mol. The fourth-order valence-electron chi connectivity index (χ4n) is 5.86. The molecular formula is C39H64N4. The van der Waals surface area contributed by atoms with Crippen molar-refractivity contribution in [3.8, 4) is 0 Å². The van der Waals surface area contributed by atoms with Crippen LogP contribution in [0.5, 0.6) is 0 Å². The van der Waals surface area contributed by atoms with Crippen LogP contribution in [0.25, 0.3) is 0 Å². The lowest BCUT2D eigenvalue weighted by molar-refractivity contribution is 0.219. The zero-order valence-electron chi connectivity index (χ0n) is 29.2. The standard InChI is InChI=1S/C39H64N4/c1-11-31(7)23-35(13-3)28-41-17-18-42(20-22-43(21-19-41)30-38(14-4)34(10)33(9)12-2)29-37-25-32(8)24-36(26-37)27-40-39(15-5)16-6/h13-14,23-26,39-40H,4,9,11-12,15-22,27-30H2,1-3,5-8,10H3/b31-23+,35-13+,38-34+. The first-order chi connectivity index (χ1) is 20.6. The maximum atomic E-state index is 4.32. The second-order valence-electron chi connectivity index (χ2n) is 12.6. The molecule has 1 fully saturated rings. The number of benzene rings is 1. The van der Waals surface area contributed by atoms with E-state index in [0.717, 1.165) is 78.3 Å². The summed E-state index contributed by atoms with van der Waals surface area (Å²) in [6.07, 6.45) is 11.2. The lowest BCUT2D eigenvalue weighted by atomic mass is 10.0. The summed E-state index contributed by atoms with van der Waals surface area (Å²) in [6.45, 7) is 36.6. The van der Waals surface area contributed by atoms with Crippen LogP contribution in [0.4, 0.5) is 0 Å². The Morgan fingerprint density at radius 3 is 1.98 bits per heavy atom. The molecule has 0 radical (unpaired) electrons. The van der Waals surface area contributed by atoms with Gasteiger partial charge in [-0.15, -0.1) is 0 Å². The third kappa shape index (κ3) is 13.1. The van der Waals surface area contributed by atoms with Crippen molar-refractivity contribution >= 4 is 0 Å². The van der Waals surface area contributed by atoms with Gasteiger partial charge in [-0.05, 0) is 81.2 Å². The predicted molar refractivity (Wildman–Crippen MR) is 191 cm³/mol. The molecule has 0 spiro atoms. The molecule has 1 aromatic rings. The Balaban J connectivity index is 2.29. The lowest BCUT2D eigenvalue weighted by Gasteiger charge is -2.27. The summed E-state index contributed by atoms with van der Waals surface area (Å²) in [7, 11) is 0. The molecular weight excluding hydrogens is 524 g/mol. The molecule has 240 valence electrons. The minimum atomic E-state index is 0.588. The summed E-state index contributed by atoms with van der Waals surface area (Å²) in [5, 5.41) is 3.76. The first kappa shape index (κ1) is 36.9. The Hall–Kier alpha value is -2.24. The summed E-state index contributed by atoms with van der Waals surface area (Å²) in [4.78, 5) is 7.98. The normalized spacial score (nSPS) is 17.4.